The Labute approximate surface area is 228 Å². The lowest BCUT2D eigenvalue weighted by atomic mass is 10.1. The Bertz CT molecular complexity index is 1160. The van der Waals surface area contributed by atoms with Gasteiger partial charge in [0.1, 0.15) is 18.2 Å². The molecule has 0 aliphatic carbocycles. The molecule has 39 heavy (non-hydrogen) atoms. The second kappa shape index (κ2) is 16.1. The number of hydrogen-bond donors (Lipinski definition) is 2. The van der Waals surface area contributed by atoms with Crippen LogP contribution in [0.1, 0.15) is 24.5 Å². The number of nitrogens with zero attached hydrogens (tertiary/aromatic N) is 1. The average Bonchev–Trinajstić information content (AvgIpc) is 2.93. The minimum Gasteiger partial charge on any atom is -0.492 e. The van der Waals surface area contributed by atoms with Crippen LogP contribution >= 0.6 is 0 Å². The zero-order chi connectivity index (χ0) is 27.9. The zero-order valence-electron chi connectivity index (χ0n) is 22.1. The van der Waals surface area contributed by atoms with E-state index in [0.717, 1.165) is 11.1 Å². The first kappa shape index (κ1) is 29.6. The monoisotopic (exact) mass is 538 g/mol. The predicted octanol–water partition coefficient (Wildman–Crippen LogP) is 5.38. The van der Waals surface area contributed by atoms with Gasteiger partial charge in [0.15, 0.2) is 6.10 Å². The van der Waals surface area contributed by atoms with Crippen LogP contribution < -0.4 is 10.1 Å². The number of aliphatic carboxylic acids is 1. The number of carbonyl (C=O) groups is 2. The quantitative estimate of drug-likeness (QED) is 0.238. The molecule has 0 aromatic heterocycles. The molecule has 0 heterocycles. The molecule has 0 saturated heterocycles. The van der Waals surface area contributed by atoms with Crippen LogP contribution in [0.15, 0.2) is 78.9 Å². The van der Waals surface area contributed by atoms with E-state index in [9.17, 15) is 19.1 Å². The topological polar surface area (TPSA) is 97.3 Å². The molecular formula is C30H35FN2O6. The van der Waals surface area contributed by atoms with Crippen molar-refractivity contribution in [3.8, 4) is 5.75 Å². The maximum absolute atomic E-state index is 13.6. The van der Waals surface area contributed by atoms with Crippen molar-refractivity contribution in [2.75, 3.05) is 38.2 Å². The number of carboxylic acids is 1. The fraction of sp³-hybridized carbons (Fsp3) is 0.333. The van der Waals surface area contributed by atoms with E-state index in [2.05, 4.69) is 5.32 Å². The molecule has 2 amide bonds. The highest BCUT2D eigenvalue weighted by molar-refractivity contribution is 5.89. The molecule has 0 bridgehead atoms. The van der Waals surface area contributed by atoms with Crippen molar-refractivity contribution in [1.82, 2.24) is 4.90 Å². The number of amides is 2. The van der Waals surface area contributed by atoms with Crippen LogP contribution in [-0.2, 0) is 27.3 Å². The molecule has 2 N–H and O–H groups in total. The normalized spacial score (nSPS) is 11.5. The highest BCUT2D eigenvalue weighted by Crippen LogP contribution is 2.15. The van der Waals surface area contributed by atoms with Gasteiger partial charge in [-0.2, -0.15) is 0 Å². The van der Waals surface area contributed by atoms with Gasteiger partial charge in [-0.25, -0.2) is 14.0 Å². The number of anilines is 1. The van der Waals surface area contributed by atoms with E-state index in [0.29, 0.717) is 50.8 Å². The number of benzene rings is 3. The maximum atomic E-state index is 13.6. The summed E-state index contributed by atoms with van der Waals surface area (Å²) in [7, 11) is 0. The lowest BCUT2D eigenvalue weighted by molar-refractivity contribution is -0.149. The van der Waals surface area contributed by atoms with Crippen molar-refractivity contribution >= 4 is 17.7 Å². The van der Waals surface area contributed by atoms with E-state index in [1.165, 1.54) is 18.2 Å². The molecule has 0 saturated carbocycles. The van der Waals surface area contributed by atoms with Crippen LogP contribution in [0.4, 0.5) is 14.9 Å². The van der Waals surface area contributed by atoms with Crippen molar-refractivity contribution in [3.05, 3.63) is 95.8 Å². The molecule has 1 atom stereocenters. The molecule has 1 unspecified atom stereocenters. The zero-order valence-corrected chi connectivity index (χ0v) is 22.1. The number of ether oxygens (including phenoxy) is 3. The first-order chi connectivity index (χ1) is 18.9. The van der Waals surface area contributed by atoms with E-state index in [1.54, 1.807) is 42.2 Å². The Balaban J connectivity index is 1.51. The third-order valence-corrected chi connectivity index (χ3v) is 5.81. The second-order valence-corrected chi connectivity index (χ2v) is 8.80. The summed E-state index contributed by atoms with van der Waals surface area (Å²) in [5.41, 5.74) is 2.26. The number of hydrogen-bond acceptors (Lipinski definition) is 5. The van der Waals surface area contributed by atoms with E-state index in [-0.39, 0.29) is 19.1 Å². The summed E-state index contributed by atoms with van der Waals surface area (Å²) < 4.78 is 30.4. The molecule has 0 radical (unpaired) electrons. The van der Waals surface area contributed by atoms with Crippen molar-refractivity contribution in [2.24, 2.45) is 0 Å². The molecule has 9 heteroatoms. The first-order valence-electron chi connectivity index (χ1n) is 12.9. The Kier molecular flexibility index (Phi) is 12.2. The Hall–Kier alpha value is -3.95. The highest BCUT2D eigenvalue weighted by atomic mass is 19.1. The Morgan fingerprint density at radius 2 is 1.72 bits per heavy atom. The molecule has 3 rings (SSSR count). The van der Waals surface area contributed by atoms with Gasteiger partial charge >= 0.3 is 12.0 Å². The number of rotatable bonds is 16. The van der Waals surface area contributed by atoms with Gasteiger partial charge in [0.05, 0.1) is 13.2 Å². The molecule has 0 aliphatic rings. The Morgan fingerprint density at radius 1 is 0.949 bits per heavy atom. The summed E-state index contributed by atoms with van der Waals surface area (Å²) in [6.45, 7) is 4.00. The van der Waals surface area contributed by atoms with Gasteiger partial charge in [-0.05, 0) is 54.8 Å². The summed E-state index contributed by atoms with van der Waals surface area (Å²) >= 11 is 0. The molecule has 0 aliphatic heterocycles. The summed E-state index contributed by atoms with van der Waals surface area (Å²) in [5.74, 6) is -0.839. The predicted molar refractivity (Wildman–Crippen MR) is 146 cm³/mol. The van der Waals surface area contributed by atoms with Crippen LogP contribution in [-0.4, -0.2) is 61.0 Å². The van der Waals surface area contributed by atoms with E-state index >= 15 is 0 Å². The molecule has 208 valence electrons. The largest absolute Gasteiger partial charge is 0.492 e. The van der Waals surface area contributed by atoms with E-state index in [1.807, 2.05) is 30.3 Å². The summed E-state index contributed by atoms with van der Waals surface area (Å²) in [6.07, 6.45) is -0.0319. The van der Waals surface area contributed by atoms with Crippen molar-refractivity contribution < 1.29 is 33.3 Å². The summed E-state index contributed by atoms with van der Waals surface area (Å²) in [4.78, 5) is 25.9. The lowest BCUT2D eigenvalue weighted by Crippen LogP contribution is -2.39. The van der Waals surface area contributed by atoms with Gasteiger partial charge in [0, 0.05) is 31.9 Å². The lowest BCUT2D eigenvalue weighted by Gasteiger charge is -2.23. The van der Waals surface area contributed by atoms with Crippen molar-refractivity contribution in [2.45, 2.75) is 32.5 Å². The number of carboxylic acid groups (broad SMARTS) is 1. The van der Waals surface area contributed by atoms with Gasteiger partial charge in [0.25, 0.3) is 0 Å². The minimum absolute atomic E-state index is 0.234. The fourth-order valence-corrected chi connectivity index (χ4v) is 3.83. The van der Waals surface area contributed by atoms with Gasteiger partial charge in [-0.1, -0.05) is 48.5 Å². The smallest absolute Gasteiger partial charge is 0.333 e. The van der Waals surface area contributed by atoms with Crippen LogP contribution in [0, 0.1) is 5.82 Å². The van der Waals surface area contributed by atoms with Gasteiger partial charge < -0.3 is 29.5 Å². The average molecular weight is 539 g/mol. The van der Waals surface area contributed by atoms with Gasteiger partial charge in [-0.3, -0.25) is 0 Å². The highest BCUT2D eigenvalue weighted by Gasteiger charge is 2.18. The van der Waals surface area contributed by atoms with E-state index < -0.39 is 17.9 Å². The standard InChI is InChI=1S/C30H35FN2O6/c1-2-38-28(29(34)35)20-23-12-14-27(15-13-23)39-19-17-33(30(36)32-26-11-6-10-25(31)21-26)16-7-18-37-22-24-8-4-3-5-9-24/h3-6,8-15,21,28H,2,7,16-20,22H2,1H3,(H,32,36)(H,34,35). The SMILES string of the molecule is CCOC(Cc1ccc(OCCN(CCCOCc2ccccc2)C(=O)Nc2cccc(F)c2)cc1)C(=O)O. The fourth-order valence-electron chi connectivity index (χ4n) is 3.83. The molecule has 3 aromatic rings. The van der Waals surface area contributed by atoms with Crippen molar-refractivity contribution in [1.29, 1.82) is 0 Å². The number of nitrogens with one attached hydrogen (secondary N) is 1. The third-order valence-electron chi connectivity index (χ3n) is 5.81. The molecule has 0 spiro atoms. The van der Waals surface area contributed by atoms with Crippen molar-refractivity contribution in [3.63, 3.8) is 0 Å². The third kappa shape index (κ3) is 10.7. The minimum atomic E-state index is -1.00. The second-order valence-electron chi connectivity index (χ2n) is 8.80. The molecule has 3 aromatic carbocycles. The number of carbonyl (C=O) groups excluding carboxylic acids is 1. The molecular weight excluding hydrogens is 503 g/mol. The molecule has 0 fully saturated rings. The van der Waals surface area contributed by atoms with Crippen LogP contribution in [0.2, 0.25) is 0 Å². The van der Waals surface area contributed by atoms with Crippen LogP contribution in [0.3, 0.4) is 0 Å². The van der Waals surface area contributed by atoms with Crippen LogP contribution in [0.25, 0.3) is 0 Å². The summed E-state index contributed by atoms with van der Waals surface area (Å²) in [6, 6.07) is 22.3. The maximum Gasteiger partial charge on any atom is 0.333 e. The number of urea groups is 1. The first-order valence-corrected chi connectivity index (χ1v) is 12.9. The van der Waals surface area contributed by atoms with Gasteiger partial charge in [0.2, 0.25) is 0 Å². The van der Waals surface area contributed by atoms with Gasteiger partial charge in [-0.15, -0.1) is 0 Å². The summed E-state index contributed by atoms with van der Waals surface area (Å²) in [5, 5.41) is 12.0. The Morgan fingerprint density at radius 3 is 2.41 bits per heavy atom. The number of halogens is 1. The van der Waals surface area contributed by atoms with Crippen LogP contribution in [0.5, 0.6) is 5.75 Å². The molecule has 8 nitrogen and oxygen atoms in total. The van der Waals surface area contributed by atoms with E-state index in [4.69, 9.17) is 14.2 Å².